The van der Waals surface area contributed by atoms with Crippen molar-refractivity contribution < 1.29 is 22.3 Å². The molecule has 0 heterocycles. The van der Waals surface area contributed by atoms with E-state index in [4.69, 9.17) is 4.74 Å². The molecule has 2 aromatic carbocycles. The van der Waals surface area contributed by atoms with Gasteiger partial charge in [0.05, 0.1) is 23.3 Å². The van der Waals surface area contributed by atoms with Crippen LogP contribution in [0.1, 0.15) is 23.2 Å². The zero-order chi connectivity index (χ0) is 18.0. The highest BCUT2D eigenvalue weighted by Crippen LogP contribution is 2.29. The van der Waals surface area contributed by atoms with Crippen molar-refractivity contribution in [3.05, 3.63) is 53.8 Å². The first-order valence-corrected chi connectivity index (χ1v) is 9.15. The van der Waals surface area contributed by atoms with Gasteiger partial charge in [-0.3, -0.25) is 4.79 Å². The average molecular weight is 364 g/mol. The molecule has 0 aliphatic heterocycles. The molecule has 2 aromatic rings. The Bertz CT molecular complexity index is 911. The van der Waals surface area contributed by atoms with Crippen LogP contribution in [0, 0.1) is 5.82 Å². The summed E-state index contributed by atoms with van der Waals surface area (Å²) in [4.78, 5) is 12.3. The minimum Gasteiger partial charge on any atom is -0.495 e. The topological polar surface area (TPSA) is 84.5 Å². The van der Waals surface area contributed by atoms with E-state index in [0.29, 0.717) is 0 Å². The maximum absolute atomic E-state index is 13.7. The Morgan fingerprint density at radius 2 is 1.92 bits per heavy atom. The lowest BCUT2D eigenvalue weighted by atomic mass is 10.2. The lowest BCUT2D eigenvalue weighted by Gasteiger charge is -2.13. The van der Waals surface area contributed by atoms with Crippen LogP contribution in [0.4, 0.5) is 10.1 Å². The van der Waals surface area contributed by atoms with Crippen LogP contribution in [-0.2, 0) is 10.0 Å². The van der Waals surface area contributed by atoms with Gasteiger partial charge in [0.25, 0.3) is 5.91 Å². The van der Waals surface area contributed by atoms with E-state index in [-0.39, 0.29) is 27.9 Å². The molecule has 0 bridgehead atoms. The Kier molecular flexibility index (Phi) is 4.73. The molecular formula is C17H17FN2O4S. The van der Waals surface area contributed by atoms with Crippen LogP contribution in [0.2, 0.25) is 0 Å². The maximum atomic E-state index is 13.7. The number of amides is 1. The van der Waals surface area contributed by atoms with Gasteiger partial charge in [-0.1, -0.05) is 12.1 Å². The normalized spacial score (nSPS) is 14.2. The van der Waals surface area contributed by atoms with Crippen LogP contribution in [-0.4, -0.2) is 27.5 Å². The van der Waals surface area contributed by atoms with Gasteiger partial charge in [0.15, 0.2) is 0 Å². The van der Waals surface area contributed by atoms with E-state index < -0.39 is 21.7 Å². The number of benzene rings is 2. The van der Waals surface area contributed by atoms with Crippen molar-refractivity contribution in [1.29, 1.82) is 0 Å². The van der Waals surface area contributed by atoms with Crippen LogP contribution >= 0.6 is 0 Å². The second-order valence-corrected chi connectivity index (χ2v) is 7.41. The SMILES string of the molecule is COc1ccc(S(=O)(=O)NC2CC2)cc1NC(=O)c1ccccc1F. The molecule has 1 saturated carbocycles. The van der Waals surface area contributed by atoms with E-state index in [1.165, 1.54) is 49.6 Å². The molecule has 0 aromatic heterocycles. The van der Waals surface area contributed by atoms with E-state index >= 15 is 0 Å². The fourth-order valence-corrected chi connectivity index (χ4v) is 3.61. The molecule has 6 nitrogen and oxygen atoms in total. The number of anilines is 1. The number of rotatable bonds is 6. The van der Waals surface area contributed by atoms with Crippen molar-refractivity contribution in [3.8, 4) is 5.75 Å². The lowest BCUT2D eigenvalue weighted by Crippen LogP contribution is -2.26. The fraction of sp³-hybridized carbons (Fsp3) is 0.235. The number of sulfonamides is 1. The molecule has 1 fully saturated rings. The Hall–Kier alpha value is -2.45. The average Bonchev–Trinajstić information content (AvgIpc) is 3.38. The summed E-state index contributed by atoms with van der Waals surface area (Å²) in [5.41, 5.74) is 0.00310. The van der Waals surface area contributed by atoms with Gasteiger partial charge in [0.2, 0.25) is 10.0 Å². The van der Waals surface area contributed by atoms with Crippen molar-refractivity contribution in [3.63, 3.8) is 0 Å². The molecular weight excluding hydrogens is 347 g/mol. The molecule has 0 atom stereocenters. The predicted molar refractivity (Wildman–Crippen MR) is 90.7 cm³/mol. The van der Waals surface area contributed by atoms with Crippen molar-refractivity contribution in [2.45, 2.75) is 23.8 Å². The van der Waals surface area contributed by atoms with Gasteiger partial charge in [0.1, 0.15) is 11.6 Å². The summed E-state index contributed by atoms with van der Waals surface area (Å²) in [5.74, 6) is -1.09. The second kappa shape index (κ2) is 6.81. The summed E-state index contributed by atoms with van der Waals surface area (Å²) in [6, 6.07) is 9.62. The summed E-state index contributed by atoms with van der Waals surface area (Å²) in [6.45, 7) is 0. The molecule has 0 spiro atoms. The largest absolute Gasteiger partial charge is 0.495 e. The van der Waals surface area contributed by atoms with Crippen LogP contribution in [0.3, 0.4) is 0 Å². The Morgan fingerprint density at radius 3 is 2.56 bits per heavy atom. The quantitative estimate of drug-likeness (QED) is 0.825. The number of hydrogen-bond donors (Lipinski definition) is 2. The lowest BCUT2D eigenvalue weighted by molar-refractivity contribution is 0.102. The van der Waals surface area contributed by atoms with Crippen LogP contribution < -0.4 is 14.8 Å². The molecule has 0 radical (unpaired) electrons. The number of carbonyl (C=O) groups excluding carboxylic acids is 1. The van der Waals surface area contributed by atoms with Gasteiger partial charge in [0, 0.05) is 6.04 Å². The Morgan fingerprint density at radius 1 is 1.20 bits per heavy atom. The number of methoxy groups -OCH3 is 1. The van der Waals surface area contributed by atoms with Crippen molar-refractivity contribution >= 4 is 21.6 Å². The summed E-state index contributed by atoms with van der Waals surface area (Å²) < 4.78 is 46.1. The number of hydrogen-bond acceptors (Lipinski definition) is 4. The Labute approximate surface area is 145 Å². The minimum atomic E-state index is -3.68. The summed E-state index contributed by atoms with van der Waals surface area (Å²) in [5, 5.41) is 2.50. The van der Waals surface area contributed by atoms with Crippen molar-refractivity contribution in [1.82, 2.24) is 4.72 Å². The predicted octanol–water partition coefficient (Wildman–Crippen LogP) is 2.53. The van der Waals surface area contributed by atoms with Gasteiger partial charge < -0.3 is 10.1 Å². The number of nitrogens with one attached hydrogen (secondary N) is 2. The monoisotopic (exact) mass is 364 g/mol. The molecule has 1 aliphatic carbocycles. The van der Waals surface area contributed by atoms with E-state index in [2.05, 4.69) is 10.0 Å². The van der Waals surface area contributed by atoms with Crippen molar-refractivity contribution in [2.24, 2.45) is 0 Å². The highest BCUT2D eigenvalue weighted by molar-refractivity contribution is 7.89. The first-order valence-electron chi connectivity index (χ1n) is 7.67. The van der Waals surface area contributed by atoms with Gasteiger partial charge in [-0.2, -0.15) is 0 Å². The highest BCUT2D eigenvalue weighted by Gasteiger charge is 2.28. The molecule has 3 rings (SSSR count). The molecule has 0 unspecified atom stereocenters. The third-order valence-electron chi connectivity index (χ3n) is 3.75. The van der Waals surface area contributed by atoms with E-state index in [1.54, 1.807) is 0 Å². The summed E-state index contributed by atoms with van der Waals surface area (Å²) in [7, 11) is -2.29. The summed E-state index contributed by atoms with van der Waals surface area (Å²) in [6.07, 6.45) is 1.62. The van der Waals surface area contributed by atoms with Gasteiger partial charge in [-0.25, -0.2) is 17.5 Å². The molecule has 8 heteroatoms. The maximum Gasteiger partial charge on any atom is 0.258 e. The zero-order valence-electron chi connectivity index (χ0n) is 13.5. The highest BCUT2D eigenvalue weighted by atomic mass is 32.2. The van der Waals surface area contributed by atoms with Gasteiger partial charge in [-0.05, 0) is 43.2 Å². The third-order valence-corrected chi connectivity index (χ3v) is 5.27. The smallest absolute Gasteiger partial charge is 0.258 e. The van der Waals surface area contributed by atoms with E-state index in [1.807, 2.05) is 0 Å². The molecule has 132 valence electrons. The molecule has 2 N–H and O–H groups in total. The molecule has 0 saturated heterocycles. The van der Waals surface area contributed by atoms with Crippen LogP contribution in [0.15, 0.2) is 47.4 Å². The first kappa shape index (κ1) is 17.4. The van der Waals surface area contributed by atoms with Gasteiger partial charge in [-0.15, -0.1) is 0 Å². The number of ether oxygens (including phenoxy) is 1. The number of carbonyl (C=O) groups is 1. The second-order valence-electron chi connectivity index (χ2n) is 5.69. The summed E-state index contributed by atoms with van der Waals surface area (Å²) >= 11 is 0. The zero-order valence-corrected chi connectivity index (χ0v) is 14.3. The molecule has 25 heavy (non-hydrogen) atoms. The third kappa shape index (κ3) is 3.97. The fourth-order valence-electron chi connectivity index (χ4n) is 2.28. The minimum absolute atomic E-state index is 0.00373. The van der Waals surface area contributed by atoms with Gasteiger partial charge >= 0.3 is 0 Å². The molecule has 1 amide bonds. The first-order chi connectivity index (χ1) is 11.9. The standard InChI is InChI=1S/C17H17FN2O4S/c1-24-16-9-8-12(25(22,23)20-11-6-7-11)10-15(16)19-17(21)13-4-2-3-5-14(13)18/h2-5,8-11,20H,6-7H2,1H3,(H,19,21). The van der Waals surface area contributed by atoms with Crippen LogP contribution in [0.25, 0.3) is 0 Å². The van der Waals surface area contributed by atoms with E-state index in [0.717, 1.165) is 12.8 Å². The van der Waals surface area contributed by atoms with Crippen LogP contribution in [0.5, 0.6) is 5.75 Å². The van der Waals surface area contributed by atoms with Crippen molar-refractivity contribution in [2.75, 3.05) is 12.4 Å². The number of halogens is 1. The molecule has 1 aliphatic rings. The Balaban J connectivity index is 1.90. The van der Waals surface area contributed by atoms with E-state index in [9.17, 15) is 17.6 Å².